The SMILES string of the molecule is CCN(CC(=O)N1CCc2sccc2[C@H]1COc1ccc(C)cc1C)C(=O)C1CC1. The Labute approximate surface area is 182 Å². The number of carbonyl (C=O) groups excluding carboxylic acids is 2. The highest BCUT2D eigenvalue weighted by Gasteiger charge is 2.36. The van der Waals surface area contributed by atoms with Gasteiger partial charge in [0.05, 0.1) is 12.6 Å². The van der Waals surface area contributed by atoms with Crippen LogP contribution >= 0.6 is 11.3 Å². The molecular weight excluding hydrogens is 396 g/mol. The van der Waals surface area contributed by atoms with E-state index in [1.54, 1.807) is 16.2 Å². The Morgan fingerprint density at radius 1 is 1.23 bits per heavy atom. The smallest absolute Gasteiger partial charge is 0.242 e. The predicted octanol–water partition coefficient (Wildman–Crippen LogP) is 4.13. The van der Waals surface area contributed by atoms with Crippen molar-refractivity contribution >= 4 is 23.2 Å². The van der Waals surface area contributed by atoms with Crippen molar-refractivity contribution in [3.63, 3.8) is 0 Å². The highest BCUT2D eigenvalue weighted by Crippen LogP contribution is 2.35. The minimum Gasteiger partial charge on any atom is -0.491 e. The number of hydrogen-bond acceptors (Lipinski definition) is 4. The van der Waals surface area contributed by atoms with Crippen LogP contribution in [0.4, 0.5) is 0 Å². The summed E-state index contributed by atoms with van der Waals surface area (Å²) in [6, 6.07) is 8.15. The lowest BCUT2D eigenvalue weighted by Gasteiger charge is -2.37. The number of thiophene rings is 1. The third-order valence-electron chi connectivity index (χ3n) is 6.09. The molecule has 1 aromatic heterocycles. The number of likely N-dealkylation sites (N-methyl/N-ethyl adjacent to an activating group) is 1. The van der Waals surface area contributed by atoms with Gasteiger partial charge < -0.3 is 14.5 Å². The highest BCUT2D eigenvalue weighted by molar-refractivity contribution is 7.10. The minimum absolute atomic E-state index is 0.0110. The van der Waals surface area contributed by atoms with Gasteiger partial charge in [-0.3, -0.25) is 9.59 Å². The van der Waals surface area contributed by atoms with Crippen molar-refractivity contribution in [2.24, 2.45) is 5.92 Å². The molecule has 2 heterocycles. The molecule has 1 aromatic carbocycles. The first kappa shape index (κ1) is 20.9. The molecule has 2 amide bonds. The zero-order valence-corrected chi connectivity index (χ0v) is 18.8. The Morgan fingerprint density at radius 2 is 2.03 bits per heavy atom. The monoisotopic (exact) mass is 426 g/mol. The van der Waals surface area contributed by atoms with Gasteiger partial charge in [-0.2, -0.15) is 0 Å². The van der Waals surface area contributed by atoms with Crippen LogP contribution in [0.5, 0.6) is 5.75 Å². The normalized spacial score (nSPS) is 18.1. The molecule has 2 aromatic rings. The first-order valence-corrected chi connectivity index (χ1v) is 11.7. The van der Waals surface area contributed by atoms with Crippen molar-refractivity contribution in [3.05, 3.63) is 51.2 Å². The van der Waals surface area contributed by atoms with Gasteiger partial charge in [0.1, 0.15) is 12.4 Å². The summed E-state index contributed by atoms with van der Waals surface area (Å²) in [5.41, 5.74) is 3.48. The molecule has 2 aliphatic rings. The van der Waals surface area contributed by atoms with Gasteiger partial charge in [-0.1, -0.05) is 17.7 Å². The lowest BCUT2D eigenvalue weighted by atomic mass is 10.00. The molecule has 0 spiro atoms. The minimum atomic E-state index is -0.122. The van der Waals surface area contributed by atoms with E-state index >= 15 is 0 Å². The molecule has 4 rings (SSSR count). The molecule has 1 aliphatic heterocycles. The quantitative estimate of drug-likeness (QED) is 0.669. The summed E-state index contributed by atoms with van der Waals surface area (Å²) in [4.78, 5) is 30.7. The zero-order chi connectivity index (χ0) is 21.3. The van der Waals surface area contributed by atoms with Crippen molar-refractivity contribution in [1.29, 1.82) is 0 Å². The van der Waals surface area contributed by atoms with E-state index in [1.807, 2.05) is 30.9 Å². The molecule has 30 heavy (non-hydrogen) atoms. The van der Waals surface area contributed by atoms with Crippen LogP contribution in [-0.2, 0) is 16.0 Å². The van der Waals surface area contributed by atoms with E-state index in [0.29, 0.717) is 19.7 Å². The highest BCUT2D eigenvalue weighted by atomic mass is 32.1. The third-order valence-corrected chi connectivity index (χ3v) is 7.08. The summed E-state index contributed by atoms with van der Waals surface area (Å²) in [5, 5.41) is 2.09. The maximum atomic E-state index is 13.3. The standard InChI is InChI=1S/C24H30N2O3S/c1-4-25(24(28)18-6-7-18)14-23(27)26-11-9-22-19(10-12-30-22)20(26)15-29-21-8-5-16(2)13-17(21)3/h5,8,10,12-13,18,20H,4,6-7,9,11,14-15H2,1-3H3/t20-/m1/s1. The molecule has 1 saturated carbocycles. The summed E-state index contributed by atoms with van der Waals surface area (Å²) < 4.78 is 6.20. The second kappa shape index (κ2) is 8.80. The van der Waals surface area contributed by atoms with Gasteiger partial charge in [0, 0.05) is 23.9 Å². The Morgan fingerprint density at radius 3 is 2.73 bits per heavy atom. The number of fused-ring (bicyclic) bond motifs is 1. The van der Waals surface area contributed by atoms with Crippen LogP contribution in [0.2, 0.25) is 0 Å². The Hall–Kier alpha value is -2.34. The number of rotatable bonds is 7. The predicted molar refractivity (Wildman–Crippen MR) is 119 cm³/mol. The fourth-order valence-electron chi connectivity index (χ4n) is 4.19. The maximum absolute atomic E-state index is 13.3. The van der Waals surface area contributed by atoms with E-state index in [2.05, 4.69) is 24.4 Å². The number of carbonyl (C=O) groups is 2. The summed E-state index contributed by atoms with van der Waals surface area (Å²) in [7, 11) is 0. The fourth-order valence-corrected chi connectivity index (χ4v) is 5.12. The Bertz CT molecular complexity index is 934. The van der Waals surface area contributed by atoms with Crippen molar-refractivity contribution < 1.29 is 14.3 Å². The molecule has 1 aliphatic carbocycles. The number of aryl methyl sites for hydroxylation is 2. The molecule has 160 valence electrons. The molecule has 0 radical (unpaired) electrons. The summed E-state index contributed by atoms with van der Waals surface area (Å²) in [6.07, 6.45) is 2.78. The van der Waals surface area contributed by atoms with Crippen LogP contribution in [0.25, 0.3) is 0 Å². The van der Waals surface area contributed by atoms with Crippen LogP contribution in [0.1, 0.15) is 47.4 Å². The fraction of sp³-hybridized carbons (Fsp3) is 0.500. The molecule has 0 bridgehead atoms. The lowest BCUT2D eigenvalue weighted by Crippen LogP contribution is -2.48. The molecule has 1 atom stereocenters. The van der Waals surface area contributed by atoms with Crippen LogP contribution in [0, 0.1) is 19.8 Å². The molecule has 6 heteroatoms. The summed E-state index contributed by atoms with van der Waals surface area (Å²) >= 11 is 1.75. The molecule has 0 saturated heterocycles. The number of amides is 2. The second-order valence-corrected chi connectivity index (χ2v) is 9.36. The number of benzene rings is 1. The Balaban J connectivity index is 1.50. The van der Waals surface area contributed by atoms with E-state index in [4.69, 9.17) is 4.74 Å². The van der Waals surface area contributed by atoms with Crippen LogP contribution in [0.15, 0.2) is 29.6 Å². The summed E-state index contributed by atoms with van der Waals surface area (Å²) in [5.74, 6) is 1.12. The molecule has 5 nitrogen and oxygen atoms in total. The average Bonchev–Trinajstić information content (AvgIpc) is 3.47. The largest absolute Gasteiger partial charge is 0.491 e. The lowest BCUT2D eigenvalue weighted by molar-refractivity contribution is -0.143. The number of nitrogens with zero attached hydrogens (tertiary/aromatic N) is 2. The van der Waals surface area contributed by atoms with E-state index in [9.17, 15) is 9.59 Å². The van der Waals surface area contributed by atoms with E-state index in [-0.39, 0.29) is 30.3 Å². The van der Waals surface area contributed by atoms with Crippen molar-refractivity contribution in [2.45, 2.75) is 46.1 Å². The van der Waals surface area contributed by atoms with Crippen LogP contribution in [-0.4, -0.2) is 47.9 Å². The molecule has 1 fully saturated rings. The summed E-state index contributed by atoms with van der Waals surface area (Å²) in [6.45, 7) is 7.88. The number of hydrogen-bond donors (Lipinski definition) is 0. The molecular formula is C24H30N2O3S. The second-order valence-electron chi connectivity index (χ2n) is 8.36. The average molecular weight is 427 g/mol. The van der Waals surface area contributed by atoms with Gasteiger partial charge in [0.2, 0.25) is 11.8 Å². The van der Waals surface area contributed by atoms with Crippen molar-refractivity contribution in [3.8, 4) is 5.75 Å². The topological polar surface area (TPSA) is 49.9 Å². The maximum Gasteiger partial charge on any atom is 0.242 e. The third kappa shape index (κ3) is 4.38. The van der Waals surface area contributed by atoms with Crippen LogP contribution < -0.4 is 4.74 Å². The van der Waals surface area contributed by atoms with E-state index < -0.39 is 0 Å². The van der Waals surface area contributed by atoms with Gasteiger partial charge >= 0.3 is 0 Å². The van der Waals surface area contributed by atoms with Crippen molar-refractivity contribution in [1.82, 2.24) is 9.80 Å². The van der Waals surface area contributed by atoms with Gasteiger partial charge in [-0.15, -0.1) is 11.3 Å². The van der Waals surface area contributed by atoms with Crippen molar-refractivity contribution in [2.75, 3.05) is 26.2 Å². The first-order chi connectivity index (χ1) is 14.5. The van der Waals surface area contributed by atoms with Gasteiger partial charge in [0.15, 0.2) is 0 Å². The van der Waals surface area contributed by atoms with E-state index in [1.165, 1.54) is 16.0 Å². The Kier molecular flexibility index (Phi) is 6.14. The molecule has 0 N–H and O–H groups in total. The molecule has 0 unspecified atom stereocenters. The van der Waals surface area contributed by atoms with Gasteiger partial charge in [-0.25, -0.2) is 0 Å². The van der Waals surface area contributed by atoms with E-state index in [0.717, 1.165) is 30.6 Å². The first-order valence-electron chi connectivity index (χ1n) is 10.8. The number of ether oxygens (including phenoxy) is 1. The van der Waals surface area contributed by atoms with Crippen LogP contribution in [0.3, 0.4) is 0 Å². The van der Waals surface area contributed by atoms with Gasteiger partial charge in [-0.05, 0) is 68.7 Å². The van der Waals surface area contributed by atoms with Gasteiger partial charge in [0.25, 0.3) is 0 Å². The zero-order valence-electron chi connectivity index (χ0n) is 18.0.